The number of pyridine rings is 1. The Morgan fingerprint density at radius 2 is 1.93 bits per heavy atom. The van der Waals surface area contributed by atoms with Gasteiger partial charge in [-0.1, -0.05) is 44.2 Å². The Hall–Kier alpha value is -2.69. The number of hydrogen-bond donors (Lipinski definition) is 0. The average molecular weight is 377 g/mol. The van der Waals surface area contributed by atoms with Crippen molar-refractivity contribution in [2.45, 2.75) is 59.2 Å². The molecule has 0 spiro atoms. The van der Waals surface area contributed by atoms with Crippen molar-refractivity contribution in [3.8, 4) is 11.3 Å². The first-order chi connectivity index (χ1) is 13.5. The Kier molecular flexibility index (Phi) is 4.92. The molecule has 0 bridgehead atoms. The molecule has 5 nitrogen and oxygen atoms in total. The molecule has 1 aliphatic rings. The quantitative estimate of drug-likeness (QED) is 0.623. The zero-order valence-electron chi connectivity index (χ0n) is 17.1. The third-order valence-electron chi connectivity index (χ3n) is 5.79. The van der Waals surface area contributed by atoms with Crippen LogP contribution < -0.4 is 0 Å². The van der Waals surface area contributed by atoms with Crippen LogP contribution in [0, 0.1) is 5.92 Å². The molecule has 0 saturated heterocycles. The minimum absolute atomic E-state index is 0.101. The lowest BCUT2D eigenvalue weighted by atomic mass is 10.0. The van der Waals surface area contributed by atoms with Crippen LogP contribution in [0.2, 0.25) is 0 Å². The molecule has 1 aromatic carbocycles. The number of benzene rings is 1. The third kappa shape index (κ3) is 3.30. The fourth-order valence-corrected chi connectivity index (χ4v) is 3.71. The second-order valence-corrected chi connectivity index (χ2v) is 8.05. The number of fused-ring (bicyclic) bond motifs is 1. The van der Waals surface area contributed by atoms with Crippen LogP contribution in [0.5, 0.6) is 0 Å². The standard InChI is InChI=1S/C23H28N4O/c1-5-26-22-20(14-24-26)19(13-21(25-22)17-9-7-6-8-10-17)23(28)27(18-11-12-18)16(4)15(2)3/h6-10,13-16,18H,5,11-12H2,1-4H3. The van der Waals surface area contributed by atoms with Crippen LogP contribution in [0.3, 0.4) is 0 Å². The first-order valence-corrected chi connectivity index (χ1v) is 10.3. The van der Waals surface area contributed by atoms with Crippen molar-refractivity contribution in [2.75, 3.05) is 0 Å². The predicted molar refractivity (Wildman–Crippen MR) is 112 cm³/mol. The molecule has 0 N–H and O–H groups in total. The summed E-state index contributed by atoms with van der Waals surface area (Å²) < 4.78 is 1.87. The van der Waals surface area contributed by atoms with Crippen molar-refractivity contribution < 1.29 is 4.79 Å². The number of nitrogens with zero attached hydrogens (tertiary/aromatic N) is 4. The van der Waals surface area contributed by atoms with E-state index >= 15 is 0 Å². The lowest BCUT2D eigenvalue weighted by molar-refractivity contribution is 0.0630. The number of amides is 1. The van der Waals surface area contributed by atoms with Crippen molar-refractivity contribution in [3.05, 3.63) is 48.2 Å². The molecule has 2 heterocycles. The monoisotopic (exact) mass is 376 g/mol. The maximum Gasteiger partial charge on any atom is 0.255 e. The highest BCUT2D eigenvalue weighted by Crippen LogP contribution is 2.34. The summed E-state index contributed by atoms with van der Waals surface area (Å²) in [5.41, 5.74) is 3.32. The van der Waals surface area contributed by atoms with E-state index in [1.54, 1.807) is 6.20 Å². The minimum Gasteiger partial charge on any atom is -0.333 e. The fraction of sp³-hybridized carbons (Fsp3) is 0.435. The van der Waals surface area contributed by atoms with E-state index in [-0.39, 0.29) is 11.9 Å². The second-order valence-electron chi connectivity index (χ2n) is 8.05. The van der Waals surface area contributed by atoms with Crippen molar-refractivity contribution in [1.82, 2.24) is 19.7 Å². The Labute approximate surface area is 166 Å². The van der Waals surface area contributed by atoms with Crippen LogP contribution in [0.4, 0.5) is 0 Å². The van der Waals surface area contributed by atoms with Gasteiger partial charge in [-0.3, -0.25) is 4.79 Å². The summed E-state index contributed by atoms with van der Waals surface area (Å²) in [6, 6.07) is 12.6. The van der Waals surface area contributed by atoms with E-state index in [4.69, 9.17) is 4.98 Å². The summed E-state index contributed by atoms with van der Waals surface area (Å²) in [6.07, 6.45) is 3.98. The number of carbonyl (C=O) groups excluding carboxylic acids is 1. The van der Waals surface area contributed by atoms with E-state index in [1.165, 1.54) is 0 Å². The van der Waals surface area contributed by atoms with Gasteiger partial charge in [-0.25, -0.2) is 9.67 Å². The number of rotatable bonds is 6. The van der Waals surface area contributed by atoms with Gasteiger partial charge < -0.3 is 4.90 Å². The largest absolute Gasteiger partial charge is 0.333 e. The summed E-state index contributed by atoms with van der Waals surface area (Å²) in [5.74, 6) is 0.512. The SMILES string of the molecule is CCn1ncc2c(C(=O)N(C3CC3)C(C)C(C)C)cc(-c3ccccc3)nc21. The third-order valence-corrected chi connectivity index (χ3v) is 5.79. The van der Waals surface area contributed by atoms with Gasteiger partial charge in [0.25, 0.3) is 5.91 Å². The molecule has 1 amide bonds. The van der Waals surface area contributed by atoms with E-state index < -0.39 is 0 Å². The number of aryl methyl sites for hydroxylation is 1. The van der Waals surface area contributed by atoms with Crippen LogP contribution in [0.1, 0.15) is 50.9 Å². The lowest BCUT2D eigenvalue weighted by Crippen LogP contribution is -2.43. The molecule has 146 valence electrons. The summed E-state index contributed by atoms with van der Waals surface area (Å²) in [5, 5.41) is 5.32. The Balaban J connectivity index is 1.87. The van der Waals surface area contributed by atoms with Gasteiger partial charge >= 0.3 is 0 Å². The molecular weight excluding hydrogens is 348 g/mol. The van der Waals surface area contributed by atoms with Gasteiger partial charge in [-0.15, -0.1) is 0 Å². The van der Waals surface area contributed by atoms with E-state index in [1.807, 2.05) is 48.0 Å². The molecule has 0 aliphatic heterocycles. The molecule has 1 unspecified atom stereocenters. The van der Waals surface area contributed by atoms with Gasteiger partial charge in [-0.2, -0.15) is 5.10 Å². The van der Waals surface area contributed by atoms with Crippen molar-refractivity contribution in [1.29, 1.82) is 0 Å². The van der Waals surface area contributed by atoms with Crippen molar-refractivity contribution in [3.63, 3.8) is 0 Å². The van der Waals surface area contributed by atoms with Crippen LogP contribution in [0.25, 0.3) is 22.3 Å². The summed E-state index contributed by atoms with van der Waals surface area (Å²) >= 11 is 0. The average Bonchev–Trinajstić information content (AvgIpc) is 3.45. The highest BCUT2D eigenvalue weighted by Gasteiger charge is 2.38. The molecule has 1 fully saturated rings. The molecule has 5 heteroatoms. The Bertz CT molecular complexity index is 989. The maximum absolute atomic E-state index is 13.7. The first kappa shape index (κ1) is 18.7. The first-order valence-electron chi connectivity index (χ1n) is 10.3. The van der Waals surface area contributed by atoms with Gasteiger partial charge in [0.05, 0.1) is 22.8 Å². The summed E-state index contributed by atoms with van der Waals surface area (Å²) in [7, 11) is 0. The molecule has 1 aliphatic carbocycles. The van der Waals surface area contributed by atoms with Gasteiger partial charge in [0.1, 0.15) is 0 Å². The summed E-state index contributed by atoms with van der Waals surface area (Å²) in [6.45, 7) is 9.28. The zero-order chi connectivity index (χ0) is 19.8. The summed E-state index contributed by atoms with van der Waals surface area (Å²) in [4.78, 5) is 20.7. The van der Waals surface area contributed by atoms with Crippen LogP contribution in [-0.4, -0.2) is 37.7 Å². The molecule has 1 atom stereocenters. The van der Waals surface area contributed by atoms with E-state index in [0.29, 0.717) is 17.5 Å². The van der Waals surface area contributed by atoms with Crippen LogP contribution >= 0.6 is 0 Å². The Morgan fingerprint density at radius 3 is 2.54 bits per heavy atom. The van der Waals surface area contributed by atoms with Crippen LogP contribution in [-0.2, 0) is 6.54 Å². The van der Waals surface area contributed by atoms with Gasteiger partial charge in [0.2, 0.25) is 0 Å². The van der Waals surface area contributed by atoms with Crippen molar-refractivity contribution >= 4 is 16.9 Å². The fourth-order valence-electron chi connectivity index (χ4n) is 3.71. The number of carbonyl (C=O) groups is 1. The maximum atomic E-state index is 13.7. The molecule has 3 aromatic rings. The number of hydrogen-bond acceptors (Lipinski definition) is 3. The smallest absolute Gasteiger partial charge is 0.255 e. The van der Waals surface area contributed by atoms with Gasteiger partial charge in [0.15, 0.2) is 5.65 Å². The topological polar surface area (TPSA) is 51.0 Å². The molecular formula is C23H28N4O. The van der Waals surface area contributed by atoms with Gasteiger partial charge in [0, 0.05) is 24.2 Å². The second kappa shape index (κ2) is 7.38. The van der Waals surface area contributed by atoms with Crippen LogP contribution in [0.15, 0.2) is 42.6 Å². The predicted octanol–water partition coefficient (Wildman–Crippen LogP) is 4.77. The molecule has 28 heavy (non-hydrogen) atoms. The van der Waals surface area contributed by atoms with Crippen molar-refractivity contribution in [2.24, 2.45) is 5.92 Å². The zero-order valence-corrected chi connectivity index (χ0v) is 17.1. The van der Waals surface area contributed by atoms with E-state index in [0.717, 1.165) is 41.7 Å². The number of aromatic nitrogens is 3. The highest BCUT2D eigenvalue weighted by atomic mass is 16.2. The minimum atomic E-state index is 0.101. The Morgan fingerprint density at radius 1 is 1.21 bits per heavy atom. The normalized spacial score (nSPS) is 15.2. The van der Waals surface area contributed by atoms with E-state index in [9.17, 15) is 4.79 Å². The van der Waals surface area contributed by atoms with E-state index in [2.05, 4.69) is 30.8 Å². The molecule has 4 rings (SSSR count). The molecule has 0 radical (unpaired) electrons. The lowest BCUT2D eigenvalue weighted by Gasteiger charge is -2.32. The molecule has 1 saturated carbocycles. The van der Waals surface area contributed by atoms with Gasteiger partial charge in [-0.05, 0) is 38.7 Å². The highest BCUT2D eigenvalue weighted by molar-refractivity contribution is 6.06. The molecule has 2 aromatic heterocycles.